The summed E-state index contributed by atoms with van der Waals surface area (Å²) in [6, 6.07) is 7.83. The fraction of sp³-hybridized carbons (Fsp3) is 0.278. The van der Waals surface area contributed by atoms with Crippen LogP contribution in [0.25, 0.3) is 0 Å². The summed E-state index contributed by atoms with van der Waals surface area (Å²) < 4.78 is 65.9. The number of anilines is 2. The van der Waals surface area contributed by atoms with Gasteiger partial charge < -0.3 is 5.32 Å². The molecular formula is C18H18ClF3N2O3S. The smallest absolute Gasteiger partial charge is 0.326 e. The van der Waals surface area contributed by atoms with Crippen molar-refractivity contribution in [1.29, 1.82) is 0 Å². The molecule has 2 N–H and O–H groups in total. The van der Waals surface area contributed by atoms with Crippen LogP contribution < -0.4 is 10.0 Å². The van der Waals surface area contributed by atoms with E-state index in [9.17, 15) is 26.4 Å². The van der Waals surface area contributed by atoms with Crippen molar-refractivity contribution >= 4 is 38.9 Å². The average molecular weight is 435 g/mol. The van der Waals surface area contributed by atoms with Crippen molar-refractivity contribution in [2.45, 2.75) is 31.8 Å². The van der Waals surface area contributed by atoms with E-state index in [-0.39, 0.29) is 16.6 Å². The minimum Gasteiger partial charge on any atom is -0.326 e. The summed E-state index contributed by atoms with van der Waals surface area (Å²) in [5.74, 6) is -0.284. The zero-order chi connectivity index (χ0) is 21.3. The molecule has 28 heavy (non-hydrogen) atoms. The predicted molar refractivity (Wildman–Crippen MR) is 102 cm³/mol. The second-order valence-electron chi connectivity index (χ2n) is 7.03. The number of benzene rings is 2. The molecule has 5 nitrogen and oxygen atoms in total. The largest absolute Gasteiger partial charge is 0.416 e. The first kappa shape index (κ1) is 22.0. The van der Waals surface area contributed by atoms with E-state index in [0.717, 1.165) is 6.07 Å². The van der Waals surface area contributed by atoms with Gasteiger partial charge in [-0.25, -0.2) is 8.42 Å². The minimum atomic E-state index is -4.72. The van der Waals surface area contributed by atoms with Gasteiger partial charge in [0, 0.05) is 11.1 Å². The van der Waals surface area contributed by atoms with E-state index in [1.54, 1.807) is 26.8 Å². The normalized spacial score (nSPS) is 12.5. The van der Waals surface area contributed by atoms with E-state index in [1.807, 2.05) is 0 Å². The quantitative estimate of drug-likeness (QED) is 0.699. The van der Waals surface area contributed by atoms with Gasteiger partial charge in [0.25, 0.3) is 10.0 Å². The molecule has 0 heterocycles. The Morgan fingerprint density at radius 1 is 1.00 bits per heavy atom. The molecule has 0 aliphatic carbocycles. The number of amides is 1. The molecule has 0 spiro atoms. The first-order chi connectivity index (χ1) is 12.7. The molecule has 0 aliphatic rings. The summed E-state index contributed by atoms with van der Waals surface area (Å²) in [5.41, 5.74) is -1.42. The highest BCUT2D eigenvalue weighted by molar-refractivity contribution is 7.92. The van der Waals surface area contributed by atoms with E-state index in [4.69, 9.17) is 11.6 Å². The van der Waals surface area contributed by atoms with Gasteiger partial charge in [0.2, 0.25) is 5.91 Å². The zero-order valence-electron chi connectivity index (χ0n) is 15.2. The SMILES string of the molecule is CC(C)(C)C(=O)Nc1cccc(NS(=O)(=O)c2cc(C(F)(F)F)ccc2Cl)c1. The van der Waals surface area contributed by atoms with Crippen molar-refractivity contribution in [3.63, 3.8) is 0 Å². The maximum Gasteiger partial charge on any atom is 0.416 e. The maximum absolute atomic E-state index is 12.9. The van der Waals surface area contributed by atoms with Crippen LogP contribution in [0.5, 0.6) is 0 Å². The lowest BCUT2D eigenvalue weighted by molar-refractivity contribution is -0.137. The Hall–Kier alpha value is -2.26. The fourth-order valence-electron chi connectivity index (χ4n) is 2.07. The summed E-state index contributed by atoms with van der Waals surface area (Å²) in [6.45, 7) is 5.14. The molecular weight excluding hydrogens is 417 g/mol. The molecule has 2 rings (SSSR count). The summed E-state index contributed by atoms with van der Waals surface area (Å²) in [5, 5.41) is 2.29. The van der Waals surface area contributed by atoms with Crippen LogP contribution >= 0.6 is 11.6 Å². The predicted octanol–water partition coefficient (Wildman–Crippen LogP) is 5.14. The molecule has 1 amide bonds. The highest BCUT2D eigenvalue weighted by Crippen LogP contribution is 2.34. The van der Waals surface area contributed by atoms with E-state index in [0.29, 0.717) is 17.8 Å². The van der Waals surface area contributed by atoms with Gasteiger partial charge in [-0.3, -0.25) is 9.52 Å². The van der Waals surface area contributed by atoms with Gasteiger partial charge in [0.15, 0.2) is 0 Å². The monoisotopic (exact) mass is 434 g/mol. The van der Waals surface area contributed by atoms with Crippen molar-refractivity contribution in [3.05, 3.63) is 53.1 Å². The summed E-state index contributed by atoms with van der Waals surface area (Å²) in [4.78, 5) is 11.4. The molecule has 2 aromatic rings. The van der Waals surface area contributed by atoms with Crippen LogP contribution in [0.1, 0.15) is 26.3 Å². The summed E-state index contributed by atoms with van der Waals surface area (Å²) >= 11 is 5.80. The zero-order valence-corrected chi connectivity index (χ0v) is 16.8. The summed E-state index contributed by atoms with van der Waals surface area (Å²) in [6.07, 6.45) is -4.72. The lowest BCUT2D eigenvalue weighted by Gasteiger charge is -2.18. The van der Waals surface area contributed by atoms with Crippen molar-refractivity contribution in [3.8, 4) is 0 Å². The molecule has 0 unspecified atom stereocenters. The molecule has 0 fully saturated rings. The number of rotatable bonds is 4. The first-order valence-corrected chi connectivity index (χ1v) is 9.87. The third-order valence-electron chi connectivity index (χ3n) is 3.60. The van der Waals surface area contributed by atoms with Crippen LogP contribution in [-0.2, 0) is 21.0 Å². The first-order valence-electron chi connectivity index (χ1n) is 8.01. The van der Waals surface area contributed by atoms with Crippen LogP contribution in [-0.4, -0.2) is 14.3 Å². The number of nitrogens with one attached hydrogen (secondary N) is 2. The number of halogens is 4. The van der Waals surface area contributed by atoms with Gasteiger partial charge in [0.1, 0.15) is 4.90 Å². The number of alkyl halides is 3. The third-order valence-corrected chi connectivity index (χ3v) is 5.46. The van der Waals surface area contributed by atoms with Crippen LogP contribution in [0.4, 0.5) is 24.5 Å². The number of sulfonamides is 1. The number of hydrogen-bond acceptors (Lipinski definition) is 3. The van der Waals surface area contributed by atoms with Crippen molar-refractivity contribution in [2.24, 2.45) is 5.41 Å². The van der Waals surface area contributed by atoms with Crippen molar-refractivity contribution < 1.29 is 26.4 Å². The molecule has 0 aromatic heterocycles. The van der Waals surface area contributed by atoms with E-state index < -0.39 is 32.1 Å². The fourth-order valence-corrected chi connectivity index (χ4v) is 3.65. The van der Waals surface area contributed by atoms with Gasteiger partial charge >= 0.3 is 6.18 Å². The van der Waals surface area contributed by atoms with E-state index in [2.05, 4.69) is 10.0 Å². The Morgan fingerprint density at radius 3 is 2.18 bits per heavy atom. The third kappa shape index (κ3) is 5.39. The molecule has 0 saturated carbocycles. The lowest BCUT2D eigenvalue weighted by Crippen LogP contribution is -2.27. The number of carbonyl (C=O) groups excluding carboxylic acids is 1. The molecule has 0 bridgehead atoms. The molecule has 0 atom stereocenters. The van der Waals surface area contributed by atoms with Crippen molar-refractivity contribution in [2.75, 3.05) is 10.0 Å². The lowest BCUT2D eigenvalue weighted by atomic mass is 9.95. The Morgan fingerprint density at radius 2 is 1.61 bits per heavy atom. The molecule has 10 heteroatoms. The van der Waals surface area contributed by atoms with Gasteiger partial charge in [-0.2, -0.15) is 13.2 Å². The summed E-state index contributed by atoms with van der Waals surface area (Å²) in [7, 11) is -4.40. The van der Waals surface area contributed by atoms with Crippen LogP contribution in [0, 0.1) is 5.41 Å². The second-order valence-corrected chi connectivity index (χ2v) is 9.09. The van der Waals surface area contributed by atoms with E-state index >= 15 is 0 Å². The van der Waals surface area contributed by atoms with Crippen LogP contribution in [0.15, 0.2) is 47.4 Å². The Bertz CT molecular complexity index is 1000. The number of carbonyl (C=O) groups is 1. The van der Waals surface area contributed by atoms with Gasteiger partial charge in [-0.05, 0) is 36.4 Å². The highest BCUT2D eigenvalue weighted by atomic mass is 35.5. The average Bonchev–Trinajstić information content (AvgIpc) is 2.52. The van der Waals surface area contributed by atoms with Crippen LogP contribution in [0.2, 0.25) is 5.02 Å². The molecule has 152 valence electrons. The molecule has 0 saturated heterocycles. The van der Waals surface area contributed by atoms with Gasteiger partial charge in [0.05, 0.1) is 16.3 Å². The Balaban J connectivity index is 2.33. The molecule has 0 aliphatic heterocycles. The van der Waals surface area contributed by atoms with Gasteiger partial charge in [-0.15, -0.1) is 0 Å². The van der Waals surface area contributed by atoms with Gasteiger partial charge in [-0.1, -0.05) is 38.4 Å². The standard InChI is InChI=1S/C18H18ClF3N2O3S/c1-17(2,3)16(25)23-12-5-4-6-13(10-12)24-28(26,27)15-9-11(18(20,21)22)7-8-14(15)19/h4-10,24H,1-3H3,(H,23,25). The maximum atomic E-state index is 12.9. The topological polar surface area (TPSA) is 75.3 Å². The van der Waals surface area contributed by atoms with E-state index in [1.165, 1.54) is 18.2 Å². The Labute approximate surface area is 166 Å². The highest BCUT2D eigenvalue weighted by Gasteiger charge is 2.32. The Kier molecular flexibility index (Phi) is 6.01. The molecule has 0 radical (unpaired) electrons. The second kappa shape index (κ2) is 7.63. The number of hydrogen-bond donors (Lipinski definition) is 2. The van der Waals surface area contributed by atoms with Crippen molar-refractivity contribution in [1.82, 2.24) is 0 Å². The molecule has 2 aromatic carbocycles. The minimum absolute atomic E-state index is 0.0557. The van der Waals surface area contributed by atoms with Crippen LogP contribution in [0.3, 0.4) is 0 Å².